The van der Waals surface area contributed by atoms with E-state index in [4.69, 9.17) is 14.9 Å². The Balaban J connectivity index is 1.82. The lowest BCUT2D eigenvalue weighted by atomic mass is 10.1. The van der Waals surface area contributed by atoms with Gasteiger partial charge in [0.2, 0.25) is 0 Å². The molecular weight excluding hydrogens is 252 g/mol. The van der Waals surface area contributed by atoms with E-state index in [-0.39, 0.29) is 6.10 Å². The van der Waals surface area contributed by atoms with Gasteiger partial charge in [0.25, 0.3) is 0 Å². The largest absolute Gasteiger partial charge is 0.459 e. The number of rotatable bonds is 3. The number of furan rings is 1. The molecule has 1 aliphatic rings. The zero-order valence-electron chi connectivity index (χ0n) is 12.2. The van der Waals surface area contributed by atoms with Crippen LogP contribution in [0.2, 0.25) is 0 Å². The molecule has 0 bridgehead atoms. The highest BCUT2D eigenvalue weighted by Crippen LogP contribution is 2.27. The molecular formula is C16H22N2O2. The van der Waals surface area contributed by atoms with Gasteiger partial charge in [0.1, 0.15) is 11.3 Å². The van der Waals surface area contributed by atoms with E-state index in [1.54, 1.807) is 0 Å². The van der Waals surface area contributed by atoms with E-state index in [0.29, 0.717) is 6.54 Å². The molecule has 1 aliphatic heterocycles. The van der Waals surface area contributed by atoms with Gasteiger partial charge >= 0.3 is 0 Å². The number of benzene rings is 1. The molecule has 0 radical (unpaired) electrons. The van der Waals surface area contributed by atoms with Crippen LogP contribution >= 0.6 is 0 Å². The van der Waals surface area contributed by atoms with E-state index < -0.39 is 0 Å². The summed E-state index contributed by atoms with van der Waals surface area (Å²) in [7, 11) is 0. The summed E-state index contributed by atoms with van der Waals surface area (Å²) >= 11 is 0. The summed E-state index contributed by atoms with van der Waals surface area (Å²) in [5.74, 6) is 1.06. The zero-order valence-corrected chi connectivity index (χ0v) is 12.2. The van der Waals surface area contributed by atoms with E-state index in [0.717, 1.165) is 37.6 Å². The minimum atomic E-state index is 0.149. The molecule has 20 heavy (non-hydrogen) atoms. The molecule has 2 N–H and O–H groups in total. The monoisotopic (exact) mass is 274 g/mol. The second kappa shape index (κ2) is 5.56. The van der Waals surface area contributed by atoms with Crippen molar-refractivity contribution < 1.29 is 9.15 Å². The SMILES string of the molecule is Cc1ccc2oc(CN3CCO[C@@H](CN)C3)c(C)c2c1. The van der Waals surface area contributed by atoms with Crippen LogP contribution in [0, 0.1) is 13.8 Å². The van der Waals surface area contributed by atoms with Crippen LogP contribution in [0.3, 0.4) is 0 Å². The lowest BCUT2D eigenvalue weighted by molar-refractivity contribution is -0.0278. The van der Waals surface area contributed by atoms with Gasteiger partial charge in [-0.1, -0.05) is 11.6 Å². The predicted molar refractivity (Wildman–Crippen MR) is 79.8 cm³/mol. The first kappa shape index (κ1) is 13.6. The van der Waals surface area contributed by atoms with Crippen LogP contribution in [0.15, 0.2) is 22.6 Å². The van der Waals surface area contributed by atoms with E-state index in [9.17, 15) is 0 Å². The van der Waals surface area contributed by atoms with Gasteiger partial charge in [-0.25, -0.2) is 0 Å². The fourth-order valence-corrected chi connectivity index (χ4v) is 2.81. The summed E-state index contributed by atoms with van der Waals surface area (Å²) in [6, 6.07) is 6.34. The highest BCUT2D eigenvalue weighted by Gasteiger charge is 2.21. The van der Waals surface area contributed by atoms with E-state index in [1.165, 1.54) is 16.5 Å². The molecule has 3 rings (SSSR count). The fraction of sp³-hybridized carbons (Fsp3) is 0.500. The van der Waals surface area contributed by atoms with Gasteiger partial charge in [-0.15, -0.1) is 0 Å². The lowest BCUT2D eigenvalue weighted by Crippen LogP contribution is -2.45. The van der Waals surface area contributed by atoms with Crippen molar-refractivity contribution in [2.45, 2.75) is 26.5 Å². The van der Waals surface area contributed by atoms with Crippen LogP contribution in [0.4, 0.5) is 0 Å². The second-order valence-electron chi connectivity index (χ2n) is 5.61. The number of hydrogen-bond donors (Lipinski definition) is 1. The standard InChI is InChI=1S/C16H22N2O2/c1-11-3-4-15-14(7-11)12(2)16(20-15)10-18-5-6-19-13(8-17)9-18/h3-4,7,13H,5-6,8-10,17H2,1-2H3/t13-/m0/s1. The van der Waals surface area contributed by atoms with Crippen molar-refractivity contribution in [1.29, 1.82) is 0 Å². The minimum absolute atomic E-state index is 0.149. The summed E-state index contributed by atoms with van der Waals surface area (Å²) in [4.78, 5) is 2.36. The number of nitrogens with zero attached hydrogens (tertiary/aromatic N) is 1. The highest BCUT2D eigenvalue weighted by atomic mass is 16.5. The summed E-state index contributed by atoms with van der Waals surface area (Å²) in [5, 5.41) is 1.23. The lowest BCUT2D eigenvalue weighted by Gasteiger charge is -2.31. The molecule has 2 aromatic rings. The Labute approximate surface area is 119 Å². The third kappa shape index (κ3) is 2.59. The molecule has 1 fully saturated rings. The molecule has 2 heterocycles. The normalized spacial score (nSPS) is 20.6. The molecule has 4 nitrogen and oxygen atoms in total. The van der Waals surface area contributed by atoms with Crippen molar-refractivity contribution in [1.82, 2.24) is 4.90 Å². The van der Waals surface area contributed by atoms with Crippen molar-refractivity contribution in [3.63, 3.8) is 0 Å². The van der Waals surface area contributed by atoms with Crippen molar-refractivity contribution in [3.05, 3.63) is 35.1 Å². The van der Waals surface area contributed by atoms with Crippen molar-refractivity contribution in [3.8, 4) is 0 Å². The number of fused-ring (bicyclic) bond motifs is 1. The number of ether oxygens (including phenoxy) is 1. The highest BCUT2D eigenvalue weighted by molar-refractivity contribution is 5.82. The third-order valence-corrected chi connectivity index (χ3v) is 4.04. The fourth-order valence-electron chi connectivity index (χ4n) is 2.81. The predicted octanol–water partition coefficient (Wildman–Crippen LogP) is 2.21. The maximum Gasteiger partial charge on any atom is 0.134 e. The summed E-state index contributed by atoms with van der Waals surface area (Å²) in [6.07, 6.45) is 0.149. The summed E-state index contributed by atoms with van der Waals surface area (Å²) in [5.41, 5.74) is 9.19. The molecule has 0 aliphatic carbocycles. The third-order valence-electron chi connectivity index (χ3n) is 4.04. The van der Waals surface area contributed by atoms with Gasteiger partial charge in [0.05, 0.1) is 19.3 Å². The average molecular weight is 274 g/mol. The Morgan fingerprint density at radius 3 is 3.00 bits per heavy atom. The van der Waals surface area contributed by atoms with Gasteiger partial charge in [0, 0.05) is 25.0 Å². The van der Waals surface area contributed by atoms with Crippen molar-refractivity contribution in [2.75, 3.05) is 26.2 Å². The molecule has 0 amide bonds. The Kier molecular flexibility index (Phi) is 3.78. The first-order valence-electron chi connectivity index (χ1n) is 7.20. The van der Waals surface area contributed by atoms with E-state index >= 15 is 0 Å². The topological polar surface area (TPSA) is 51.6 Å². The number of aryl methyl sites for hydroxylation is 2. The Hall–Kier alpha value is -1.36. The second-order valence-corrected chi connectivity index (χ2v) is 5.61. The molecule has 0 saturated carbocycles. The Morgan fingerprint density at radius 2 is 2.20 bits per heavy atom. The van der Waals surface area contributed by atoms with E-state index in [1.807, 2.05) is 0 Å². The zero-order chi connectivity index (χ0) is 14.1. The maximum atomic E-state index is 6.01. The van der Waals surface area contributed by atoms with Crippen LogP contribution in [0.5, 0.6) is 0 Å². The first-order chi connectivity index (χ1) is 9.67. The molecule has 0 unspecified atom stereocenters. The molecule has 1 aromatic heterocycles. The van der Waals surface area contributed by atoms with Gasteiger partial charge in [-0.3, -0.25) is 4.90 Å². The van der Waals surface area contributed by atoms with Gasteiger partial charge in [0.15, 0.2) is 0 Å². The van der Waals surface area contributed by atoms with Crippen LogP contribution in [-0.4, -0.2) is 37.2 Å². The average Bonchev–Trinajstić information content (AvgIpc) is 2.76. The summed E-state index contributed by atoms with van der Waals surface area (Å²) < 4.78 is 11.6. The Bertz CT molecular complexity index is 606. The number of nitrogens with two attached hydrogens (primary N) is 1. The smallest absolute Gasteiger partial charge is 0.134 e. The number of morpholine rings is 1. The van der Waals surface area contributed by atoms with Gasteiger partial charge < -0.3 is 14.9 Å². The van der Waals surface area contributed by atoms with Crippen molar-refractivity contribution in [2.24, 2.45) is 5.73 Å². The van der Waals surface area contributed by atoms with Crippen LogP contribution in [0.1, 0.15) is 16.9 Å². The van der Waals surface area contributed by atoms with E-state index in [2.05, 4.69) is 36.9 Å². The molecule has 0 spiro atoms. The van der Waals surface area contributed by atoms with Gasteiger partial charge in [-0.2, -0.15) is 0 Å². The molecule has 1 aromatic carbocycles. The first-order valence-corrected chi connectivity index (χ1v) is 7.20. The molecule has 4 heteroatoms. The Morgan fingerprint density at radius 1 is 1.35 bits per heavy atom. The quantitative estimate of drug-likeness (QED) is 0.932. The van der Waals surface area contributed by atoms with Gasteiger partial charge in [-0.05, 0) is 31.5 Å². The van der Waals surface area contributed by atoms with Crippen molar-refractivity contribution >= 4 is 11.0 Å². The summed E-state index contributed by atoms with van der Waals surface area (Å²) in [6.45, 7) is 8.23. The van der Waals surface area contributed by atoms with Crippen LogP contribution in [0.25, 0.3) is 11.0 Å². The maximum absolute atomic E-state index is 6.01. The van der Waals surface area contributed by atoms with Crippen LogP contribution in [-0.2, 0) is 11.3 Å². The minimum Gasteiger partial charge on any atom is -0.459 e. The van der Waals surface area contributed by atoms with Crippen LogP contribution < -0.4 is 5.73 Å². The molecule has 1 saturated heterocycles. The molecule has 1 atom stereocenters. The number of hydrogen-bond acceptors (Lipinski definition) is 4. The molecule has 108 valence electrons.